The average Bonchev–Trinajstić information content (AvgIpc) is 3.01. The zero-order valence-electron chi connectivity index (χ0n) is 12.3. The van der Waals surface area contributed by atoms with Crippen molar-refractivity contribution in [2.24, 2.45) is 0 Å². The molecule has 2 rings (SSSR count). The Bertz CT molecular complexity index is 463. The molecule has 1 aliphatic rings. The van der Waals surface area contributed by atoms with Crippen molar-refractivity contribution in [2.45, 2.75) is 37.0 Å². The van der Waals surface area contributed by atoms with E-state index in [0.717, 1.165) is 5.56 Å². The molecular weight excluding hydrogens is 306 g/mol. The highest BCUT2D eigenvalue weighted by atomic mass is 35.5. The predicted molar refractivity (Wildman–Crippen MR) is 88.9 cm³/mol. The molecule has 0 aliphatic heterocycles. The van der Waals surface area contributed by atoms with E-state index in [4.69, 9.17) is 16.3 Å². The number of methoxy groups -OCH3 is 1. The molecule has 0 heterocycles. The molecule has 1 fully saturated rings. The number of carbonyl (C=O) groups excluding carboxylic acids is 1. The summed E-state index contributed by atoms with van der Waals surface area (Å²) in [7, 11) is 1.63. The molecule has 0 aromatic heterocycles. The molecule has 21 heavy (non-hydrogen) atoms. The largest absolute Gasteiger partial charge is 0.375 e. The van der Waals surface area contributed by atoms with Gasteiger partial charge in [0, 0.05) is 29.5 Å². The van der Waals surface area contributed by atoms with Crippen LogP contribution in [0.1, 0.15) is 37.4 Å². The van der Waals surface area contributed by atoms with Crippen molar-refractivity contribution >= 4 is 29.3 Å². The molecule has 0 bridgehead atoms. The maximum Gasteiger partial charge on any atom is 0.230 e. The first-order valence-corrected chi connectivity index (χ1v) is 8.79. The molecule has 1 amide bonds. The monoisotopic (exact) mass is 327 g/mol. The Hall–Kier alpha value is -0.710. The number of carbonyl (C=O) groups is 1. The number of benzene rings is 1. The highest BCUT2D eigenvalue weighted by Gasteiger charge is 2.18. The Morgan fingerprint density at radius 2 is 2.14 bits per heavy atom. The number of amides is 1. The first kappa shape index (κ1) is 16.7. The minimum atomic E-state index is -0.209. The van der Waals surface area contributed by atoms with E-state index in [-0.39, 0.29) is 12.0 Å². The van der Waals surface area contributed by atoms with E-state index in [1.165, 1.54) is 25.7 Å². The molecule has 1 N–H and O–H groups in total. The first-order valence-electron chi connectivity index (χ1n) is 7.36. The number of rotatable bonds is 7. The van der Waals surface area contributed by atoms with Crippen LogP contribution in [-0.4, -0.2) is 30.6 Å². The fourth-order valence-corrected chi connectivity index (χ4v) is 3.98. The maximum absolute atomic E-state index is 11.9. The van der Waals surface area contributed by atoms with Crippen LogP contribution in [0.25, 0.3) is 0 Å². The van der Waals surface area contributed by atoms with E-state index in [9.17, 15) is 4.79 Å². The van der Waals surface area contributed by atoms with Crippen LogP contribution < -0.4 is 5.32 Å². The van der Waals surface area contributed by atoms with E-state index in [2.05, 4.69) is 5.32 Å². The molecule has 1 aromatic carbocycles. The van der Waals surface area contributed by atoms with Crippen molar-refractivity contribution < 1.29 is 9.53 Å². The van der Waals surface area contributed by atoms with Crippen molar-refractivity contribution in [3.05, 3.63) is 34.9 Å². The third kappa shape index (κ3) is 5.20. The summed E-state index contributed by atoms with van der Waals surface area (Å²) in [6.07, 6.45) is 4.89. The van der Waals surface area contributed by atoms with Gasteiger partial charge < -0.3 is 10.1 Å². The van der Waals surface area contributed by atoms with Crippen LogP contribution in [0.5, 0.6) is 0 Å². The Morgan fingerprint density at radius 3 is 2.81 bits per heavy atom. The molecule has 1 aromatic rings. The molecule has 0 radical (unpaired) electrons. The molecule has 1 aliphatic carbocycles. The van der Waals surface area contributed by atoms with Gasteiger partial charge in [0.25, 0.3) is 0 Å². The number of nitrogens with one attached hydrogen (secondary N) is 1. The lowest BCUT2D eigenvalue weighted by Gasteiger charge is -2.18. The Balaban J connectivity index is 1.77. The molecule has 1 saturated carbocycles. The van der Waals surface area contributed by atoms with E-state index >= 15 is 0 Å². The standard InChI is InChI=1S/C16H22ClNO2S/c1-20-15(13-8-4-5-9-14(13)17)10-18-16(19)11-21-12-6-2-3-7-12/h4-5,8-9,12,15H,2-3,6-7,10-11H2,1H3,(H,18,19). The summed E-state index contributed by atoms with van der Waals surface area (Å²) < 4.78 is 5.44. The molecule has 0 spiro atoms. The zero-order chi connectivity index (χ0) is 15.1. The highest BCUT2D eigenvalue weighted by Crippen LogP contribution is 2.29. The lowest BCUT2D eigenvalue weighted by Crippen LogP contribution is -2.31. The minimum Gasteiger partial charge on any atom is -0.375 e. The maximum atomic E-state index is 11.9. The lowest BCUT2D eigenvalue weighted by atomic mass is 10.1. The molecule has 1 unspecified atom stereocenters. The second-order valence-corrected chi connectivity index (χ2v) is 6.96. The molecule has 116 valence electrons. The highest BCUT2D eigenvalue weighted by molar-refractivity contribution is 8.00. The van der Waals surface area contributed by atoms with Crippen LogP contribution in [0.3, 0.4) is 0 Å². The Labute approximate surface area is 135 Å². The van der Waals surface area contributed by atoms with Gasteiger partial charge in [0.2, 0.25) is 5.91 Å². The van der Waals surface area contributed by atoms with Crippen molar-refractivity contribution in [3.63, 3.8) is 0 Å². The fraction of sp³-hybridized carbons (Fsp3) is 0.562. The van der Waals surface area contributed by atoms with Gasteiger partial charge in [-0.3, -0.25) is 4.79 Å². The average molecular weight is 328 g/mol. The van der Waals surface area contributed by atoms with Gasteiger partial charge in [0.1, 0.15) is 6.10 Å². The van der Waals surface area contributed by atoms with Crippen LogP contribution >= 0.6 is 23.4 Å². The summed E-state index contributed by atoms with van der Waals surface area (Å²) in [4.78, 5) is 11.9. The molecule has 1 atom stereocenters. The summed E-state index contributed by atoms with van der Waals surface area (Å²) in [6.45, 7) is 0.449. The molecular formula is C16H22ClNO2S. The quantitative estimate of drug-likeness (QED) is 0.827. The van der Waals surface area contributed by atoms with Crippen molar-refractivity contribution in [1.29, 1.82) is 0 Å². The number of ether oxygens (including phenoxy) is 1. The summed E-state index contributed by atoms with van der Waals surface area (Å²) >= 11 is 7.93. The van der Waals surface area contributed by atoms with E-state index in [1.54, 1.807) is 18.9 Å². The lowest BCUT2D eigenvalue weighted by molar-refractivity contribution is -0.119. The minimum absolute atomic E-state index is 0.0704. The smallest absolute Gasteiger partial charge is 0.230 e. The van der Waals surface area contributed by atoms with Gasteiger partial charge in [0.05, 0.1) is 5.75 Å². The number of thioether (sulfide) groups is 1. The third-order valence-electron chi connectivity index (χ3n) is 3.77. The van der Waals surface area contributed by atoms with Gasteiger partial charge in [0.15, 0.2) is 0 Å². The fourth-order valence-electron chi connectivity index (χ4n) is 2.56. The Morgan fingerprint density at radius 1 is 1.43 bits per heavy atom. The number of halogens is 1. The van der Waals surface area contributed by atoms with Crippen LogP contribution in [0, 0.1) is 0 Å². The summed E-state index contributed by atoms with van der Waals surface area (Å²) in [6, 6.07) is 7.57. The van der Waals surface area contributed by atoms with Gasteiger partial charge in [-0.05, 0) is 18.9 Å². The number of hydrogen-bond donors (Lipinski definition) is 1. The topological polar surface area (TPSA) is 38.3 Å². The van der Waals surface area contributed by atoms with Crippen molar-refractivity contribution in [3.8, 4) is 0 Å². The van der Waals surface area contributed by atoms with E-state index < -0.39 is 0 Å². The van der Waals surface area contributed by atoms with E-state index in [1.807, 2.05) is 24.3 Å². The summed E-state index contributed by atoms with van der Waals surface area (Å²) in [5, 5.41) is 4.27. The van der Waals surface area contributed by atoms with E-state index in [0.29, 0.717) is 22.6 Å². The van der Waals surface area contributed by atoms with Gasteiger partial charge in [-0.15, -0.1) is 11.8 Å². The third-order valence-corrected chi connectivity index (χ3v) is 5.49. The second-order valence-electron chi connectivity index (χ2n) is 5.27. The summed E-state index contributed by atoms with van der Waals surface area (Å²) in [5.41, 5.74) is 0.908. The van der Waals surface area contributed by atoms with Gasteiger partial charge in [-0.25, -0.2) is 0 Å². The summed E-state index contributed by atoms with van der Waals surface area (Å²) in [5.74, 6) is 0.602. The van der Waals surface area contributed by atoms with Crippen molar-refractivity contribution in [1.82, 2.24) is 5.32 Å². The zero-order valence-corrected chi connectivity index (χ0v) is 13.9. The van der Waals surface area contributed by atoms with Gasteiger partial charge >= 0.3 is 0 Å². The number of hydrogen-bond acceptors (Lipinski definition) is 3. The van der Waals surface area contributed by atoms with Gasteiger partial charge in [-0.2, -0.15) is 0 Å². The van der Waals surface area contributed by atoms with Crippen LogP contribution in [0.4, 0.5) is 0 Å². The normalized spacial score (nSPS) is 16.9. The molecule has 3 nitrogen and oxygen atoms in total. The van der Waals surface area contributed by atoms with Crippen molar-refractivity contribution in [2.75, 3.05) is 19.4 Å². The molecule has 0 saturated heterocycles. The van der Waals surface area contributed by atoms with Crippen LogP contribution in [0.2, 0.25) is 5.02 Å². The van der Waals surface area contributed by atoms with Gasteiger partial charge in [-0.1, -0.05) is 42.6 Å². The SMILES string of the molecule is COC(CNC(=O)CSC1CCCC1)c1ccccc1Cl. The molecule has 5 heteroatoms. The van der Waals surface area contributed by atoms with Crippen LogP contribution in [-0.2, 0) is 9.53 Å². The second kappa shape index (κ2) is 8.66. The first-order chi connectivity index (χ1) is 10.2. The Kier molecular flexibility index (Phi) is 6.87. The predicted octanol–water partition coefficient (Wildman–Crippen LogP) is 3.82. The van der Waals surface area contributed by atoms with Crippen LogP contribution in [0.15, 0.2) is 24.3 Å².